The van der Waals surface area contributed by atoms with Gasteiger partial charge in [-0.1, -0.05) is 13.3 Å². The highest BCUT2D eigenvalue weighted by atomic mass is 19.1. The van der Waals surface area contributed by atoms with Gasteiger partial charge in [-0.2, -0.15) is 0 Å². The number of aliphatic hydroxyl groups is 1. The molecule has 0 aliphatic carbocycles. The minimum absolute atomic E-state index is 0.143. The van der Waals surface area contributed by atoms with Crippen molar-refractivity contribution in [2.24, 2.45) is 0 Å². The van der Waals surface area contributed by atoms with E-state index in [4.69, 9.17) is 0 Å². The van der Waals surface area contributed by atoms with Crippen molar-refractivity contribution < 1.29 is 13.9 Å². The summed E-state index contributed by atoms with van der Waals surface area (Å²) in [6, 6.07) is 3.42. The second-order valence-corrected chi connectivity index (χ2v) is 6.21. The molecule has 2 unspecified atom stereocenters. The maximum atomic E-state index is 13.8. The zero-order valence-electron chi connectivity index (χ0n) is 12.9. The molecule has 1 aliphatic rings. The molecule has 2 atom stereocenters. The zero-order valence-corrected chi connectivity index (χ0v) is 12.9. The summed E-state index contributed by atoms with van der Waals surface area (Å²) in [5.74, 6) is -0.915. The van der Waals surface area contributed by atoms with Gasteiger partial charge in [-0.25, -0.2) is 8.78 Å². The van der Waals surface area contributed by atoms with Gasteiger partial charge in [0.2, 0.25) is 0 Å². The summed E-state index contributed by atoms with van der Waals surface area (Å²) in [7, 11) is 0. The fraction of sp³-hybridized carbons (Fsp3) is 0.647. The fourth-order valence-electron chi connectivity index (χ4n) is 3.20. The average Bonchev–Trinajstić information content (AvgIpc) is 2.51. The number of hydrogen-bond acceptors (Lipinski definition) is 2. The predicted octanol–water partition coefficient (Wildman–Crippen LogP) is 3.52. The Labute approximate surface area is 125 Å². The summed E-state index contributed by atoms with van der Waals surface area (Å²) in [4.78, 5) is 2.30. The topological polar surface area (TPSA) is 23.5 Å². The summed E-state index contributed by atoms with van der Waals surface area (Å²) in [6.45, 7) is 6.00. The first kappa shape index (κ1) is 16.4. The molecule has 0 saturated carbocycles. The first-order valence-corrected chi connectivity index (χ1v) is 7.84. The second-order valence-electron chi connectivity index (χ2n) is 6.21. The Morgan fingerprint density at radius 2 is 1.90 bits per heavy atom. The number of benzene rings is 1. The van der Waals surface area contributed by atoms with Crippen molar-refractivity contribution in [2.75, 3.05) is 13.1 Å². The molecule has 1 fully saturated rings. The fourth-order valence-corrected chi connectivity index (χ4v) is 3.20. The van der Waals surface area contributed by atoms with E-state index in [-0.39, 0.29) is 17.5 Å². The van der Waals surface area contributed by atoms with E-state index in [1.165, 1.54) is 12.5 Å². The quantitative estimate of drug-likeness (QED) is 0.899. The van der Waals surface area contributed by atoms with Gasteiger partial charge >= 0.3 is 0 Å². The third-order valence-corrected chi connectivity index (χ3v) is 4.93. The molecule has 1 aromatic carbocycles. The molecule has 1 aromatic rings. The van der Waals surface area contributed by atoms with Crippen LogP contribution in [0.15, 0.2) is 18.2 Å². The monoisotopic (exact) mass is 297 g/mol. The van der Waals surface area contributed by atoms with E-state index in [0.717, 1.165) is 44.5 Å². The zero-order chi connectivity index (χ0) is 15.5. The molecule has 0 bridgehead atoms. The molecule has 0 amide bonds. The van der Waals surface area contributed by atoms with Crippen LogP contribution in [-0.4, -0.2) is 34.7 Å². The van der Waals surface area contributed by atoms with E-state index in [9.17, 15) is 13.9 Å². The van der Waals surface area contributed by atoms with Crippen LogP contribution in [0.25, 0.3) is 0 Å². The number of piperidine rings is 1. The summed E-state index contributed by atoms with van der Waals surface area (Å²) in [5.41, 5.74) is -0.140. The Bertz CT molecular complexity index is 474. The number of nitrogens with zero attached hydrogens (tertiary/aromatic N) is 1. The maximum absolute atomic E-state index is 13.8. The normalized spacial score (nSPS) is 21.0. The van der Waals surface area contributed by atoms with Gasteiger partial charge in [0.25, 0.3) is 0 Å². The predicted molar refractivity (Wildman–Crippen MR) is 80.2 cm³/mol. The molecule has 1 aliphatic heterocycles. The molecule has 0 aromatic heterocycles. The van der Waals surface area contributed by atoms with Crippen LogP contribution < -0.4 is 0 Å². The first-order valence-electron chi connectivity index (χ1n) is 7.84. The molecular formula is C17H25F2NO. The highest BCUT2D eigenvalue weighted by Crippen LogP contribution is 2.29. The molecule has 4 heteroatoms. The average molecular weight is 297 g/mol. The lowest BCUT2D eigenvalue weighted by Gasteiger charge is -2.46. The SMILES string of the molecule is CCC(C)(C(O)Cc1cc(F)ccc1F)N1CCCCC1. The maximum Gasteiger partial charge on any atom is 0.126 e. The van der Waals surface area contributed by atoms with Gasteiger partial charge < -0.3 is 5.11 Å². The lowest BCUT2D eigenvalue weighted by molar-refractivity contribution is -0.0331. The van der Waals surface area contributed by atoms with Crippen molar-refractivity contribution in [3.8, 4) is 0 Å². The van der Waals surface area contributed by atoms with Gasteiger partial charge in [0.1, 0.15) is 11.6 Å². The summed E-state index contributed by atoms with van der Waals surface area (Å²) in [6.07, 6.45) is 3.71. The summed E-state index contributed by atoms with van der Waals surface area (Å²) < 4.78 is 27.0. The van der Waals surface area contributed by atoms with Crippen LogP contribution >= 0.6 is 0 Å². The van der Waals surface area contributed by atoms with Crippen molar-refractivity contribution in [1.82, 2.24) is 4.90 Å². The molecule has 0 radical (unpaired) electrons. The smallest absolute Gasteiger partial charge is 0.126 e. The van der Waals surface area contributed by atoms with Crippen LogP contribution in [0.4, 0.5) is 8.78 Å². The Kier molecular flexibility index (Phi) is 5.33. The number of halogens is 2. The minimum atomic E-state index is -0.711. The Morgan fingerprint density at radius 1 is 1.24 bits per heavy atom. The first-order chi connectivity index (χ1) is 9.97. The standard InChI is InChI=1S/C17H25F2NO/c1-3-17(2,20-9-5-4-6-10-20)16(21)12-13-11-14(18)7-8-15(13)19/h7-8,11,16,21H,3-6,9-10,12H2,1-2H3. The van der Waals surface area contributed by atoms with E-state index in [2.05, 4.69) is 4.90 Å². The van der Waals surface area contributed by atoms with Gasteiger partial charge in [-0.15, -0.1) is 0 Å². The van der Waals surface area contributed by atoms with Crippen molar-refractivity contribution >= 4 is 0 Å². The van der Waals surface area contributed by atoms with Gasteiger partial charge in [-0.05, 0) is 63.0 Å². The van der Waals surface area contributed by atoms with Crippen LogP contribution in [0, 0.1) is 11.6 Å². The number of aliphatic hydroxyl groups excluding tert-OH is 1. The number of rotatable bonds is 5. The van der Waals surface area contributed by atoms with Crippen molar-refractivity contribution in [3.63, 3.8) is 0 Å². The largest absolute Gasteiger partial charge is 0.391 e. The lowest BCUT2D eigenvalue weighted by Crippen LogP contribution is -2.56. The molecule has 1 N–H and O–H groups in total. The number of hydrogen-bond donors (Lipinski definition) is 1. The summed E-state index contributed by atoms with van der Waals surface area (Å²) in [5, 5.41) is 10.7. The molecule has 2 rings (SSSR count). The van der Waals surface area contributed by atoms with Gasteiger partial charge in [-0.3, -0.25) is 4.90 Å². The van der Waals surface area contributed by atoms with Gasteiger partial charge in [0.15, 0.2) is 0 Å². The van der Waals surface area contributed by atoms with Crippen LogP contribution in [0.2, 0.25) is 0 Å². The Hall–Kier alpha value is -1.00. The van der Waals surface area contributed by atoms with Gasteiger partial charge in [0.05, 0.1) is 6.10 Å². The van der Waals surface area contributed by atoms with Crippen LogP contribution in [0.5, 0.6) is 0 Å². The minimum Gasteiger partial charge on any atom is -0.391 e. The molecular weight excluding hydrogens is 272 g/mol. The molecule has 2 nitrogen and oxygen atoms in total. The molecule has 0 spiro atoms. The molecule has 1 heterocycles. The van der Waals surface area contributed by atoms with E-state index < -0.39 is 17.7 Å². The van der Waals surface area contributed by atoms with Crippen LogP contribution in [0.3, 0.4) is 0 Å². The second kappa shape index (κ2) is 6.84. The highest BCUT2D eigenvalue weighted by molar-refractivity contribution is 5.20. The van der Waals surface area contributed by atoms with Gasteiger partial charge in [0, 0.05) is 12.0 Å². The number of likely N-dealkylation sites (tertiary alicyclic amines) is 1. The molecule has 118 valence electrons. The van der Waals surface area contributed by atoms with E-state index in [0.29, 0.717) is 0 Å². The lowest BCUT2D eigenvalue weighted by atomic mass is 9.84. The molecule has 21 heavy (non-hydrogen) atoms. The van der Waals surface area contributed by atoms with E-state index >= 15 is 0 Å². The Morgan fingerprint density at radius 3 is 2.52 bits per heavy atom. The summed E-state index contributed by atoms with van der Waals surface area (Å²) >= 11 is 0. The van der Waals surface area contributed by atoms with Crippen LogP contribution in [-0.2, 0) is 6.42 Å². The molecule has 1 saturated heterocycles. The van der Waals surface area contributed by atoms with Crippen molar-refractivity contribution in [3.05, 3.63) is 35.4 Å². The third kappa shape index (κ3) is 3.61. The van der Waals surface area contributed by atoms with E-state index in [1.807, 2.05) is 13.8 Å². The van der Waals surface area contributed by atoms with Crippen molar-refractivity contribution in [1.29, 1.82) is 0 Å². The van der Waals surface area contributed by atoms with E-state index in [1.54, 1.807) is 0 Å². The van der Waals surface area contributed by atoms with Crippen LogP contribution in [0.1, 0.15) is 45.1 Å². The Balaban J connectivity index is 2.15. The highest BCUT2D eigenvalue weighted by Gasteiger charge is 2.38. The van der Waals surface area contributed by atoms with Crippen molar-refractivity contribution in [2.45, 2.75) is 57.6 Å². The third-order valence-electron chi connectivity index (χ3n) is 4.93.